The van der Waals surface area contributed by atoms with Crippen LogP contribution in [0.4, 0.5) is 23.5 Å². The summed E-state index contributed by atoms with van der Waals surface area (Å²) in [4.78, 5) is 24.6. The lowest BCUT2D eigenvalue weighted by atomic mass is 10.2. The average molecular weight is 518 g/mol. The summed E-state index contributed by atoms with van der Waals surface area (Å²) in [5.74, 6) is 0.422. The molecule has 0 saturated carbocycles. The lowest BCUT2D eigenvalue weighted by molar-refractivity contribution is -0.134. The van der Waals surface area contributed by atoms with Crippen molar-refractivity contribution in [1.82, 2.24) is 15.0 Å². The van der Waals surface area contributed by atoms with E-state index in [0.717, 1.165) is 23.7 Å². The Labute approximate surface area is 213 Å². The van der Waals surface area contributed by atoms with E-state index in [9.17, 15) is 0 Å². The van der Waals surface area contributed by atoms with E-state index in [1.165, 1.54) is 0 Å². The summed E-state index contributed by atoms with van der Waals surface area (Å²) in [6, 6.07) is 13.0. The number of hydrogen-bond donors (Lipinski definition) is 3. The highest BCUT2D eigenvalue weighted by molar-refractivity contribution is 6.31. The second-order valence-corrected chi connectivity index (χ2v) is 8.26. The number of hydrogen-bond acceptors (Lipinski definition) is 9. The first-order valence-electron chi connectivity index (χ1n) is 10.7. The van der Waals surface area contributed by atoms with E-state index in [-0.39, 0.29) is 0 Å². The van der Waals surface area contributed by atoms with Crippen LogP contribution in [0.1, 0.15) is 18.1 Å². The maximum absolute atomic E-state index is 9.00. The van der Waals surface area contributed by atoms with Crippen molar-refractivity contribution in [1.29, 1.82) is 0 Å². The van der Waals surface area contributed by atoms with Crippen LogP contribution < -0.4 is 15.6 Å². The molecule has 1 aliphatic rings. The number of hydrazone groups is 1. The first-order chi connectivity index (χ1) is 16.8. The third kappa shape index (κ3) is 8.67. The number of halogens is 2. The molecular formula is C23H25Cl2N7O3. The minimum Gasteiger partial charge on any atom is -0.481 e. The number of nitrogens with one attached hydrogen (secondary N) is 2. The number of benzene rings is 2. The molecule has 0 amide bonds. The Morgan fingerprint density at radius 2 is 1.74 bits per heavy atom. The molecule has 4 rings (SSSR count). The molecule has 0 atom stereocenters. The number of nitrogens with zero attached hydrogens (tertiary/aromatic N) is 5. The zero-order valence-electron chi connectivity index (χ0n) is 19.2. The largest absolute Gasteiger partial charge is 0.481 e. The van der Waals surface area contributed by atoms with Crippen molar-refractivity contribution >= 4 is 58.9 Å². The normalized spacial score (nSPS) is 13.2. The number of rotatable bonds is 6. The summed E-state index contributed by atoms with van der Waals surface area (Å²) in [5, 5.41) is 16.2. The zero-order valence-corrected chi connectivity index (χ0v) is 20.7. The van der Waals surface area contributed by atoms with Gasteiger partial charge in [-0.1, -0.05) is 41.4 Å². The fraction of sp³-hybridized carbons (Fsp3) is 0.261. The second kappa shape index (κ2) is 12.8. The fourth-order valence-electron chi connectivity index (χ4n) is 2.89. The molecule has 3 aromatic rings. The van der Waals surface area contributed by atoms with Crippen LogP contribution in [0.3, 0.4) is 0 Å². The molecule has 1 fully saturated rings. The smallest absolute Gasteiger partial charge is 0.300 e. The molecule has 1 saturated heterocycles. The molecular weight excluding hydrogens is 493 g/mol. The molecule has 0 radical (unpaired) electrons. The Bertz CT molecular complexity index is 1170. The van der Waals surface area contributed by atoms with Crippen LogP contribution in [0.25, 0.3) is 0 Å². The van der Waals surface area contributed by atoms with Crippen molar-refractivity contribution in [3.8, 4) is 0 Å². The van der Waals surface area contributed by atoms with Gasteiger partial charge in [-0.2, -0.15) is 20.1 Å². The van der Waals surface area contributed by atoms with Crippen molar-refractivity contribution in [2.45, 2.75) is 13.8 Å². The van der Waals surface area contributed by atoms with Gasteiger partial charge in [-0.25, -0.2) is 5.43 Å². The molecule has 3 N–H and O–H groups in total. The first-order valence-corrected chi connectivity index (χ1v) is 11.4. The summed E-state index contributed by atoms with van der Waals surface area (Å²) in [7, 11) is 0. The molecule has 0 unspecified atom stereocenters. The van der Waals surface area contributed by atoms with E-state index in [2.05, 4.69) is 30.8 Å². The van der Waals surface area contributed by atoms with Crippen LogP contribution in [-0.4, -0.2) is 58.5 Å². The summed E-state index contributed by atoms with van der Waals surface area (Å²) in [6.45, 7) is 5.69. The molecule has 0 spiro atoms. The van der Waals surface area contributed by atoms with Crippen molar-refractivity contribution in [2.75, 3.05) is 41.9 Å². The molecule has 2 heterocycles. The topological polar surface area (TPSA) is 125 Å². The van der Waals surface area contributed by atoms with Crippen LogP contribution >= 0.6 is 23.2 Å². The van der Waals surface area contributed by atoms with Crippen molar-refractivity contribution in [2.24, 2.45) is 5.10 Å². The predicted molar refractivity (Wildman–Crippen MR) is 138 cm³/mol. The van der Waals surface area contributed by atoms with E-state index < -0.39 is 5.97 Å². The average Bonchev–Trinajstić information content (AvgIpc) is 2.83. The van der Waals surface area contributed by atoms with Crippen LogP contribution in [0, 0.1) is 6.92 Å². The number of aryl methyl sites for hydroxylation is 1. The number of aromatic nitrogens is 3. The zero-order chi connectivity index (χ0) is 25.2. The van der Waals surface area contributed by atoms with Crippen molar-refractivity contribution in [3.63, 3.8) is 0 Å². The van der Waals surface area contributed by atoms with Gasteiger partial charge in [0.25, 0.3) is 5.97 Å². The Kier molecular flexibility index (Phi) is 9.59. The number of anilines is 4. The van der Waals surface area contributed by atoms with Gasteiger partial charge in [-0.05, 0) is 42.3 Å². The lowest BCUT2D eigenvalue weighted by Gasteiger charge is -2.27. The minimum atomic E-state index is -0.833. The number of morpholine rings is 1. The lowest BCUT2D eigenvalue weighted by Crippen LogP contribution is -2.37. The van der Waals surface area contributed by atoms with E-state index in [1.807, 2.05) is 42.2 Å². The Hall–Kier alpha value is -3.47. The molecule has 0 aliphatic carbocycles. The molecule has 1 aromatic heterocycles. The molecule has 184 valence electrons. The highest BCUT2D eigenvalue weighted by Crippen LogP contribution is 2.23. The van der Waals surface area contributed by atoms with Gasteiger partial charge in [-0.15, -0.1) is 0 Å². The number of ether oxygens (including phenoxy) is 1. The summed E-state index contributed by atoms with van der Waals surface area (Å²) < 4.78 is 5.43. The van der Waals surface area contributed by atoms with Crippen LogP contribution in [0.5, 0.6) is 0 Å². The summed E-state index contributed by atoms with van der Waals surface area (Å²) >= 11 is 12.2. The van der Waals surface area contributed by atoms with Crippen LogP contribution in [0.2, 0.25) is 10.0 Å². The molecule has 2 aromatic carbocycles. The van der Waals surface area contributed by atoms with E-state index in [0.29, 0.717) is 54.2 Å². The monoisotopic (exact) mass is 517 g/mol. The van der Waals surface area contributed by atoms with Crippen molar-refractivity contribution in [3.05, 3.63) is 63.6 Å². The number of carboxylic acids is 1. The van der Waals surface area contributed by atoms with Gasteiger partial charge in [0, 0.05) is 35.7 Å². The Morgan fingerprint density at radius 3 is 2.40 bits per heavy atom. The van der Waals surface area contributed by atoms with E-state index >= 15 is 0 Å². The Balaban J connectivity index is 0.000000795. The molecule has 0 bridgehead atoms. The molecule has 35 heavy (non-hydrogen) atoms. The van der Waals surface area contributed by atoms with Gasteiger partial charge in [0.2, 0.25) is 17.8 Å². The van der Waals surface area contributed by atoms with E-state index in [4.69, 9.17) is 37.8 Å². The predicted octanol–water partition coefficient (Wildman–Crippen LogP) is 4.60. The maximum atomic E-state index is 9.00. The molecule has 10 nitrogen and oxygen atoms in total. The van der Waals surface area contributed by atoms with Crippen LogP contribution in [-0.2, 0) is 9.53 Å². The number of carbonyl (C=O) groups is 1. The SMILES string of the molecule is CC(=O)O.Cc1ccc(Nc2nc(N/N=C/c3ccc(Cl)cc3)nc(N3CCOCC3)n2)cc1Cl. The number of aliphatic carboxylic acids is 1. The third-order valence-electron chi connectivity index (χ3n) is 4.59. The minimum absolute atomic E-state index is 0.322. The summed E-state index contributed by atoms with van der Waals surface area (Å²) in [5.41, 5.74) is 5.56. The van der Waals surface area contributed by atoms with Gasteiger partial charge in [0.05, 0.1) is 19.4 Å². The van der Waals surface area contributed by atoms with Gasteiger partial charge >= 0.3 is 0 Å². The number of carboxylic acid groups (broad SMARTS) is 1. The highest BCUT2D eigenvalue weighted by Gasteiger charge is 2.17. The highest BCUT2D eigenvalue weighted by atomic mass is 35.5. The van der Waals surface area contributed by atoms with Gasteiger partial charge in [-0.3, -0.25) is 4.79 Å². The van der Waals surface area contributed by atoms with Gasteiger partial charge in [0.1, 0.15) is 0 Å². The van der Waals surface area contributed by atoms with Gasteiger partial charge < -0.3 is 20.1 Å². The van der Waals surface area contributed by atoms with Crippen molar-refractivity contribution < 1.29 is 14.6 Å². The fourth-order valence-corrected chi connectivity index (χ4v) is 3.20. The van der Waals surface area contributed by atoms with E-state index in [1.54, 1.807) is 18.3 Å². The standard InChI is InChI=1S/C21H21Cl2N7O.C2H4O2/c1-14-2-7-17(12-18(14)23)25-19-26-20(28-21(27-19)30-8-10-31-11-9-30)29-24-13-15-3-5-16(22)6-4-15;1-2(3)4/h2-7,12-13H,8-11H2,1H3,(H2,25,26,27,28,29);1H3,(H,3,4)/b24-13+;. The van der Waals surface area contributed by atoms with Gasteiger partial charge in [0.15, 0.2) is 0 Å². The third-order valence-corrected chi connectivity index (χ3v) is 5.25. The maximum Gasteiger partial charge on any atom is 0.300 e. The Morgan fingerprint density at radius 1 is 1.09 bits per heavy atom. The van der Waals surface area contributed by atoms with Crippen LogP contribution in [0.15, 0.2) is 47.6 Å². The second-order valence-electron chi connectivity index (χ2n) is 7.41. The molecule has 12 heteroatoms. The quantitative estimate of drug-likeness (QED) is 0.317. The first kappa shape index (κ1) is 26.1. The summed E-state index contributed by atoms with van der Waals surface area (Å²) in [6.07, 6.45) is 1.67. The molecule has 1 aliphatic heterocycles.